The zero-order valence-corrected chi connectivity index (χ0v) is 10.1. The molecule has 2 heterocycles. The molecule has 0 bridgehead atoms. The minimum atomic E-state index is -0.480. The van der Waals surface area contributed by atoms with Crippen molar-refractivity contribution in [3.63, 3.8) is 0 Å². The molecule has 4 nitrogen and oxygen atoms in total. The van der Waals surface area contributed by atoms with E-state index in [4.69, 9.17) is 9.47 Å². The molecule has 0 N–H and O–H groups in total. The lowest BCUT2D eigenvalue weighted by atomic mass is 10.1. The Bertz CT molecular complexity index is 516. The number of morpholine rings is 1. The zero-order chi connectivity index (χ0) is 12.2. The van der Waals surface area contributed by atoms with E-state index in [2.05, 4.69) is 4.90 Å². The van der Waals surface area contributed by atoms with Gasteiger partial charge in [0.1, 0.15) is 5.75 Å². The average Bonchev–Trinajstić information content (AvgIpc) is 3.14. The second kappa shape index (κ2) is 3.48. The minimum Gasteiger partial charge on any atom is -0.478 e. The van der Waals surface area contributed by atoms with E-state index in [1.165, 1.54) is 0 Å². The molecule has 1 aromatic rings. The van der Waals surface area contributed by atoms with Crippen molar-refractivity contribution in [1.82, 2.24) is 0 Å². The van der Waals surface area contributed by atoms with E-state index >= 15 is 0 Å². The van der Waals surface area contributed by atoms with Crippen molar-refractivity contribution in [3.8, 4) is 5.75 Å². The van der Waals surface area contributed by atoms with Crippen molar-refractivity contribution in [2.75, 3.05) is 31.2 Å². The molecule has 2 fully saturated rings. The van der Waals surface area contributed by atoms with Crippen LogP contribution in [0, 0.1) is 0 Å². The van der Waals surface area contributed by atoms with Crippen LogP contribution in [0.15, 0.2) is 18.2 Å². The molecule has 1 aromatic carbocycles. The van der Waals surface area contributed by atoms with Gasteiger partial charge in [-0.3, -0.25) is 4.79 Å². The Hall–Kier alpha value is -1.55. The lowest BCUT2D eigenvalue weighted by molar-refractivity contribution is 0.0820. The predicted octanol–water partition coefficient (Wildman–Crippen LogP) is 1.63. The number of carbonyl (C=O) groups excluding carboxylic acids is 1. The molecule has 18 heavy (non-hydrogen) atoms. The number of hydrogen-bond donors (Lipinski definition) is 0. The highest BCUT2D eigenvalue weighted by atomic mass is 16.5. The molecule has 0 radical (unpaired) electrons. The fourth-order valence-electron chi connectivity index (χ4n) is 2.75. The topological polar surface area (TPSA) is 38.8 Å². The maximum atomic E-state index is 12.2. The minimum absolute atomic E-state index is 0.174. The van der Waals surface area contributed by atoms with Crippen LogP contribution in [-0.4, -0.2) is 37.7 Å². The van der Waals surface area contributed by atoms with Crippen molar-refractivity contribution < 1.29 is 14.3 Å². The van der Waals surface area contributed by atoms with Gasteiger partial charge in [-0.25, -0.2) is 0 Å². The summed E-state index contributed by atoms with van der Waals surface area (Å²) in [5.41, 5.74) is 1.38. The van der Waals surface area contributed by atoms with E-state index in [-0.39, 0.29) is 5.78 Å². The number of benzene rings is 1. The molecule has 4 rings (SSSR count). The highest BCUT2D eigenvalue weighted by Gasteiger charge is 2.57. The summed E-state index contributed by atoms with van der Waals surface area (Å²) in [5, 5.41) is 0. The molecule has 94 valence electrons. The molecular formula is C14H15NO3. The Morgan fingerprint density at radius 1 is 1.17 bits per heavy atom. The number of ether oxygens (including phenoxy) is 2. The molecule has 1 spiro atoms. The van der Waals surface area contributed by atoms with Gasteiger partial charge in [-0.1, -0.05) is 0 Å². The first-order chi connectivity index (χ1) is 8.78. The first-order valence-electron chi connectivity index (χ1n) is 6.49. The van der Waals surface area contributed by atoms with E-state index in [9.17, 15) is 4.79 Å². The predicted molar refractivity (Wildman–Crippen MR) is 66.4 cm³/mol. The van der Waals surface area contributed by atoms with E-state index in [0.29, 0.717) is 0 Å². The third-order valence-corrected chi connectivity index (χ3v) is 4.01. The van der Waals surface area contributed by atoms with Gasteiger partial charge < -0.3 is 14.4 Å². The zero-order valence-electron chi connectivity index (χ0n) is 10.1. The van der Waals surface area contributed by atoms with Gasteiger partial charge in [-0.05, 0) is 31.0 Å². The number of ketones is 1. The number of nitrogens with zero attached hydrogens (tertiary/aromatic N) is 1. The molecule has 0 aromatic heterocycles. The first kappa shape index (κ1) is 10.4. The van der Waals surface area contributed by atoms with Crippen LogP contribution in [0.4, 0.5) is 5.69 Å². The van der Waals surface area contributed by atoms with Crippen LogP contribution in [0.1, 0.15) is 23.2 Å². The third kappa shape index (κ3) is 1.38. The van der Waals surface area contributed by atoms with E-state index in [1.807, 2.05) is 18.2 Å². The summed E-state index contributed by atoms with van der Waals surface area (Å²) in [4.78, 5) is 14.5. The van der Waals surface area contributed by atoms with Crippen molar-refractivity contribution >= 4 is 11.5 Å². The summed E-state index contributed by atoms with van der Waals surface area (Å²) in [6, 6.07) is 5.96. The largest absolute Gasteiger partial charge is 0.478 e. The fraction of sp³-hybridized carbons (Fsp3) is 0.500. The van der Waals surface area contributed by atoms with Crippen LogP contribution < -0.4 is 9.64 Å². The van der Waals surface area contributed by atoms with Gasteiger partial charge in [-0.2, -0.15) is 0 Å². The van der Waals surface area contributed by atoms with Gasteiger partial charge >= 0.3 is 0 Å². The molecule has 1 aliphatic carbocycles. The second-order valence-corrected chi connectivity index (χ2v) is 5.21. The molecule has 4 heteroatoms. The quantitative estimate of drug-likeness (QED) is 0.754. The Morgan fingerprint density at radius 3 is 2.67 bits per heavy atom. The maximum Gasteiger partial charge on any atom is 0.210 e. The Morgan fingerprint density at radius 2 is 1.94 bits per heavy atom. The Labute approximate surface area is 105 Å². The normalized spacial score (nSPS) is 24.0. The van der Waals surface area contributed by atoms with Crippen molar-refractivity contribution in [3.05, 3.63) is 23.8 Å². The van der Waals surface area contributed by atoms with Crippen molar-refractivity contribution in [2.24, 2.45) is 0 Å². The lowest BCUT2D eigenvalue weighted by Crippen LogP contribution is -2.36. The SMILES string of the molecule is O=C1c2cc(N3CCOCC3)ccc2OC12CC2. The van der Waals surface area contributed by atoms with Crippen LogP contribution >= 0.6 is 0 Å². The van der Waals surface area contributed by atoms with Gasteiger partial charge in [0.2, 0.25) is 5.78 Å². The van der Waals surface area contributed by atoms with Crippen LogP contribution in [0.3, 0.4) is 0 Å². The Kier molecular flexibility index (Phi) is 2.01. The average molecular weight is 245 g/mol. The maximum absolute atomic E-state index is 12.2. The standard InChI is InChI=1S/C14H15NO3/c16-13-11-9-10(15-5-7-17-8-6-15)1-2-12(11)18-14(13)3-4-14/h1-2,9H,3-8H2. The lowest BCUT2D eigenvalue weighted by Gasteiger charge is -2.29. The molecule has 3 aliphatic rings. The molecule has 1 saturated heterocycles. The molecule has 0 amide bonds. The summed E-state index contributed by atoms with van der Waals surface area (Å²) >= 11 is 0. The van der Waals surface area contributed by atoms with Crippen molar-refractivity contribution in [1.29, 1.82) is 0 Å². The molecular weight excluding hydrogens is 230 g/mol. The van der Waals surface area contributed by atoms with Crippen LogP contribution in [0.5, 0.6) is 5.75 Å². The monoisotopic (exact) mass is 245 g/mol. The first-order valence-corrected chi connectivity index (χ1v) is 6.49. The second-order valence-electron chi connectivity index (χ2n) is 5.21. The number of carbonyl (C=O) groups is 1. The highest BCUT2D eigenvalue weighted by molar-refractivity contribution is 6.09. The van der Waals surface area contributed by atoms with Gasteiger partial charge in [0.25, 0.3) is 0 Å². The number of hydrogen-bond acceptors (Lipinski definition) is 4. The summed E-state index contributed by atoms with van der Waals surface area (Å²) in [6.45, 7) is 3.29. The number of Topliss-reactive ketones (excluding diaryl/α,β-unsaturated/α-hetero) is 1. The van der Waals surface area contributed by atoms with Crippen LogP contribution in [-0.2, 0) is 4.74 Å². The van der Waals surface area contributed by atoms with Crippen LogP contribution in [0.2, 0.25) is 0 Å². The molecule has 1 saturated carbocycles. The fourth-order valence-corrected chi connectivity index (χ4v) is 2.75. The summed E-state index contributed by atoms with van der Waals surface area (Å²) in [5.74, 6) is 0.933. The van der Waals surface area contributed by atoms with Gasteiger partial charge in [0.15, 0.2) is 5.60 Å². The smallest absolute Gasteiger partial charge is 0.210 e. The number of anilines is 1. The van der Waals surface area contributed by atoms with Crippen molar-refractivity contribution in [2.45, 2.75) is 18.4 Å². The Balaban J connectivity index is 1.68. The number of fused-ring (bicyclic) bond motifs is 1. The van der Waals surface area contributed by atoms with Gasteiger partial charge in [-0.15, -0.1) is 0 Å². The number of rotatable bonds is 1. The van der Waals surface area contributed by atoms with E-state index in [0.717, 1.165) is 56.1 Å². The summed E-state index contributed by atoms with van der Waals surface area (Å²) in [6.07, 6.45) is 1.74. The van der Waals surface area contributed by atoms with E-state index in [1.54, 1.807) is 0 Å². The summed E-state index contributed by atoms with van der Waals surface area (Å²) in [7, 11) is 0. The van der Waals surface area contributed by atoms with Gasteiger partial charge in [0.05, 0.1) is 18.8 Å². The molecule has 0 unspecified atom stereocenters. The van der Waals surface area contributed by atoms with Crippen LogP contribution in [0.25, 0.3) is 0 Å². The molecule has 2 aliphatic heterocycles. The highest BCUT2D eigenvalue weighted by Crippen LogP contribution is 2.50. The van der Waals surface area contributed by atoms with Gasteiger partial charge in [0, 0.05) is 18.8 Å². The van der Waals surface area contributed by atoms with E-state index < -0.39 is 5.60 Å². The third-order valence-electron chi connectivity index (χ3n) is 4.01. The summed E-state index contributed by atoms with van der Waals surface area (Å²) < 4.78 is 11.1. The molecule has 0 atom stereocenters.